The smallest absolute Gasteiger partial charge is 0.232 e. The van der Waals surface area contributed by atoms with Gasteiger partial charge in [-0.25, -0.2) is 4.98 Å². The fourth-order valence-corrected chi connectivity index (χ4v) is 3.67. The first-order valence-electron chi connectivity index (χ1n) is 7.82. The van der Waals surface area contributed by atoms with Crippen LogP contribution in [0.5, 0.6) is 11.6 Å². The molecule has 0 saturated carbocycles. The summed E-state index contributed by atoms with van der Waals surface area (Å²) < 4.78 is 11.2. The van der Waals surface area contributed by atoms with Crippen molar-refractivity contribution in [3.8, 4) is 40.0 Å². The summed E-state index contributed by atoms with van der Waals surface area (Å²) in [5.41, 5.74) is 4.08. The molecule has 0 N–H and O–H groups in total. The number of hydrogen-bond donors (Lipinski definition) is 0. The van der Waals surface area contributed by atoms with Crippen LogP contribution in [-0.2, 0) is 6.61 Å². The van der Waals surface area contributed by atoms with Gasteiger partial charge in [-0.2, -0.15) is 5.26 Å². The Morgan fingerprint density at radius 2 is 1.92 bits per heavy atom. The average molecular weight is 383 g/mol. The third kappa shape index (κ3) is 2.57. The average Bonchev–Trinajstić information content (AvgIpc) is 2.66. The lowest BCUT2D eigenvalue weighted by atomic mass is 9.89. The minimum Gasteiger partial charge on any atom is -0.487 e. The van der Waals surface area contributed by atoms with Crippen LogP contribution in [0.3, 0.4) is 0 Å². The van der Waals surface area contributed by atoms with Crippen LogP contribution in [0.4, 0.5) is 0 Å². The van der Waals surface area contributed by atoms with Crippen LogP contribution >= 0.6 is 23.2 Å². The number of methoxy groups -OCH3 is 1. The molecule has 6 heteroatoms. The number of para-hydroxylation sites is 1. The maximum atomic E-state index is 9.82. The number of nitriles is 1. The SMILES string of the molecule is COc1nc2c(c(-c3ccc(Cl)cc3Cl)c1C#N)-c1ccccc1OC2. The molecule has 3 aromatic rings. The summed E-state index contributed by atoms with van der Waals surface area (Å²) in [7, 11) is 1.49. The number of rotatable bonds is 2. The van der Waals surface area contributed by atoms with Crippen molar-refractivity contribution in [1.29, 1.82) is 5.26 Å². The Morgan fingerprint density at radius 1 is 1.12 bits per heavy atom. The first-order valence-corrected chi connectivity index (χ1v) is 8.58. The highest BCUT2D eigenvalue weighted by molar-refractivity contribution is 6.36. The van der Waals surface area contributed by atoms with Crippen molar-refractivity contribution in [2.24, 2.45) is 0 Å². The molecule has 1 aliphatic heterocycles. The number of hydrogen-bond acceptors (Lipinski definition) is 4. The highest BCUT2D eigenvalue weighted by Crippen LogP contribution is 2.47. The van der Waals surface area contributed by atoms with Crippen molar-refractivity contribution in [3.63, 3.8) is 0 Å². The lowest BCUT2D eigenvalue weighted by Gasteiger charge is -2.24. The van der Waals surface area contributed by atoms with E-state index in [0.29, 0.717) is 32.4 Å². The molecular weight excluding hydrogens is 371 g/mol. The predicted molar refractivity (Wildman–Crippen MR) is 101 cm³/mol. The van der Waals surface area contributed by atoms with Gasteiger partial charge in [0.15, 0.2) is 0 Å². The summed E-state index contributed by atoms with van der Waals surface area (Å²) in [4.78, 5) is 4.50. The molecule has 1 aromatic heterocycles. The zero-order chi connectivity index (χ0) is 18.3. The molecule has 128 valence electrons. The number of pyridine rings is 1. The third-order valence-corrected chi connectivity index (χ3v) is 4.81. The maximum Gasteiger partial charge on any atom is 0.232 e. The molecule has 0 spiro atoms. The quantitative estimate of drug-likeness (QED) is 0.587. The van der Waals surface area contributed by atoms with E-state index in [1.165, 1.54) is 7.11 Å². The lowest BCUT2D eigenvalue weighted by Crippen LogP contribution is -2.11. The number of halogens is 2. The Hall–Kier alpha value is -2.74. The van der Waals surface area contributed by atoms with Gasteiger partial charge in [-0.15, -0.1) is 0 Å². The lowest BCUT2D eigenvalue weighted by molar-refractivity contribution is 0.294. The van der Waals surface area contributed by atoms with Gasteiger partial charge in [0.25, 0.3) is 0 Å². The van der Waals surface area contributed by atoms with Gasteiger partial charge in [0, 0.05) is 32.3 Å². The van der Waals surface area contributed by atoms with E-state index in [1.54, 1.807) is 18.2 Å². The van der Waals surface area contributed by atoms with Crippen molar-refractivity contribution in [2.75, 3.05) is 7.11 Å². The van der Waals surface area contributed by atoms with Crippen LogP contribution in [0.1, 0.15) is 11.3 Å². The molecule has 2 aromatic carbocycles. The number of ether oxygens (including phenoxy) is 2. The summed E-state index contributed by atoms with van der Waals surface area (Å²) in [5.74, 6) is 0.984. The molecule has 0 saturated heterocycles. The molecule has 4 rings (SSSR count). The second kappa shape index (κ2) is 6.53. The zero-order valence-corrected chi connectivity index (χ0v) is 15.2. The highest BCUT2D eigenvalue weighted by atomic mass is 35.5. The number of benzene rings is 2. The molecule has 0 bridgehead atoms. The van der Waals surface area contributed by atoms with Crippen LogP contribution in [0, 0.1) is 11.3 Å². The van der Waals surface area contributed by atoms with Gasteiger partial charge in [-0.1, -0.05) is 47.5 Å². The van der Waals surface area contributed by atoms with Gasteiger partial charge in [0.05, 0.1) is 12.8 Å². The molecule has 0 radical (unpaired) electrons. The molecule has 0 fully saturated rings. The van der Waals surface area contributed by atoms with Gasteiger partial charge in [-0.3, -0.25) is 0 Å². The Labute approximate surface area is 160 Å². The molecule has 0 amide bonds. The minimum absolute atomic E-state index is 0.246. The maximum absolute atomic E-state index is 9.82. The molecule has 2 heterocycles. The van der Waals surface area contributed by atoms with E-state index in [2.05, 4.69) is 11.1 Å². The van der Waals surface area contributed by atoms with Gasteiger partial charge in [0.2, 0.25) is 5.88 Å². The van der Waals surface area contributed by atoms with Crippen molar-refractivity contribution in [1.82, 2.24) is 4.98 Å². The fraction of sp³-hybridized carbons (Fsp3) is 0.100. The minimum atomic E-state index is 0.246. The number of fused-ring (bicyclic) bond motifs is 3. The van der Waals surface area contributed by atoms with Gasteiger partial charge in [0.1, 0.15) is 24.0 Å². The summed E-state index contributed by atoms with van der Waals surface area (Å²) in [6, 6.07) is 15.1. The van der Waals surface area contributed by atoms with E-state index < -0.39 is 0 Å². The largest absolute Gasteiger partial charge is 0.487 e. The highest BCUT2D eigenvalue weighted by Gasteiger charge is 2.28. The van der Waals surface area contributed by atoms with E-state index >= 15 is 0 Å². The second-order valence-electron chi connectivity index (χ2n) is 5.71. The van der Waals surface area contributed by atoms with Gasteiger partial charge >= 0.3 is 0 Å². The van der Waals surface area contributed by atoms with Crippen molar-refractivity contribution in [2.45, 2.75) is 6.61 Å². The van der Waals surface area contributed by atoms with Crippen LogP contribution < -0.4 is 9.47 Å². The molecule has 0 unspecified atom stereocenters. The molecular formula is C20H12Cl2N2O2. The van der Waals surface area contributed by atoms with E-state index in [4.69, 9.17) is 32.7 Å². The predicted octanol–water partition coefficient (Wildman–Crippen LogP) is 5.50. The third-order valence-electron chi connectivity index (χ3n) is 4.27. The molecule has 26 heavy (non-hydrogen) atoms. The van der Waals surface area contributed by atoms with E-state index in [0.717, 1.165) is 16.9 Å². The van der Waals surface area contributed by atoms with Gasteiger partial charge in [-0.05, 0) is 18.2 Å². The zero-order valence-electron chi connectivity index (χ0n) is 13.7. The Balaban J connectivity index is 2.15. The molecule has 4 nitrogen and oxygen atoms in total. The van der Waals surface area contributed by atoms with E-state index in [9.17, 15) is 5.26 Å². The number of nitrogens with zero attached hydrogens (tertiary/aromatic N) is 2. The molecule has 0 aliphatic carbocycles. The Bertz CT molecular complexity index is 1070. The normalized spacial score (nSPS) is 11.8. The van der Waals surface area contributed by atoms with Crippen molar-refractivity contribution < 1.29 is 9.47 Å². The summed E-state index contributed by atoms with van der Waals surface area (Å²) in [6.45, 7) is 0.284. The Kier molecular flexibility index (Phi) is 4.20. The van der Waals surface area contributed by atoms with Crippen LogP contribution in [0.2, 0.25) is 10.0 Å². The summed E-state index contributed by atoms with van der Waals surface area (Å²) in [5, 5.41) is 10.8. The van der Waals surface area contributed by atoms with E-state index in [-0.39, 0.29) is 12.5 Å². The second-order valence-corrected chi connectivity index (χ2v) is 6.56. The standard InChI is InChI=1S/C20H12Cl2N2O2/c1-25-20-14(9-23)18(12-7-6-11(21)8-15(12)22)19-13-4-2-3-5-17(13)26-10-16(19)24-20/h2-8H,10H2,1H3. The summed E-state index contributed by atoms with van der Waals surface area (Å²) >= 11 is 12.5. The fourth-order valence-electron chi connectivity index (χ4n) is 3.16. The van der Waals surface area contributed by atoms with Crippen molar-refractivity contribution in [3.05, 3.63) is 63.8 Å². The van der Waals surface area contributed by atoms with Crippen LogP contribution in [0.25, 0.3) is 22.3 Å². The van der Waals surface area contributed by atoms with Crippen LogP contribution in [0.15, 0.2) is 42.5 Å². The van der Waals surface area contributed by atoms with E-state index in [1.807, 2.05) is 24.3 Å². The van der Waals surface area contributed by atoms with Crippen molar-refractivity contribution >= 4 is 23.2 Å². The van der Waals surface area contributed by atoms with Gasteiger partial charge < -0.3 is 9.47 Å². The Morgan fingerprint density at radius 3 is 2.65 bits per heavy atom. The number of aromatic nitrogens is 1. The first-order chi connectivity index (χ1) is 12.6. The molecule has 1 aliphatic rings. The topological polar surface area (TPSA) is 55.1 Å². The van der Waals surface area contributed by atoms with Crippen LogP contribution in [-0.4, -0.2) is 12.1 Å². The first kappa shape index (κ1) is 16.7. The summed E-state index contributed by atoms with van der Waals surface area (Å²) in [6.07, 6.45) is 0. The monoisotopic (exact) mass is 382 g/mol. The molecule has 0 atom stereocenters.